The van der Waals surface area contributed by atoms with Crippen molar-refractivity contribution in [3.63, 3.8) is 0 Å². The summed E-state index contributed by atoms with van der Waals surface area (Å²) in [6.45, 7) is 3.84. The molecular weight excluding hydrogens is 162 g/mol. The van der Waals surface area contributed by atoms with Crippen LogP contribution in [0.3, 0.4) is 0 Å². The van der Waals surface area contributed by atoms with Crippen LogP contribution in [-0.4, -0.2) is 10.1 Å². The van der Waals surface area contributed by atoms with Crippen molar-refractivity contribution >= 4 is 10.9 Å². The lowest BCUT2D eigenvalue weighted by Crippen LogP contribution is -1.91. The van der Waals surface area contributed by atoms with Crippen molar-refractivity contribution < 1.29 is 5.11 Å². The van der Waals surface area contributed by atoms with E-state index >= 15 is 0 Å². The summed E-state index contributed by atoms with van der Waals surface area (Å²) < 4.78 is 0. The Bertz CT molecular complexity index is 429. The van der Waals surface area contributed by atoms with E-state index in [1.807, 2.05) is 31.3 Å². The van der Waals surface area contributed by atoms with Crippen molar-refractivity contribution in [3.8, 4) is 0 Å². The molecule has 68 valence electrons. The number of H-pyrrole nitrogens is 1. The molecule has 1 unspecified atom stereocenters. The standard InChI is InChI=1S/C11H13NO/c1-7-6-12-10-5-3-4-9(8(2)13)11(7)10/h3-6,8,12-13H,1-2H3. The first-order valence-electron chi connectivity index (χ1n) is 4.45. The smallest absolute Gasteiger partial charge is 0.0768 e. The first-order valence-corrected chi connectivity index (χ1v) is 4.45. The first kappa shape index (κ1) is 8.32. The van der Waals surface area contributed by atoms with E-state index in [1.165, 1.54) is 5.56 Å². The maximum absolute atomic E-state index is 9.55. The van der Waals surface area contributed by atoms with Crippen molar-refractivity contribution in [2.75, 3.05) is 0 Å². The lowest BCUT2D eigenvalue weighted by atomic mass is 10.0. The van der Waals surface area contributed by atoms with Crippen LogP contribution in [0.4, 0.5) is 0 Å². The summed E-state index contributed by atoms with van der Waals surface area (Å²) in [6.07, 6.45) is 1.56. The van der Waals surface area contributed by atoms with Crippen LogP contribution in [0.1, 0.15) is 24.2 Å². The zero-order valence-corrected chi connectivity index (χ0v) is 7.83. The van der Waals surface area contributed by atoms with E-state index in [0.717, 1.165) is 16.5 Å². The van der Waals surface area contributed by atoms with Crippen molar-refractivity contribution in [2.24, 2.45) is 0 Å². The second-order valence-electron chi connectivity index (χ2n) is 3.42. The molecule has 1 heterocycles. The highest BCUT2D eigenvalue weighted by Crippen LogP contribution is 2.26. The molecule has 2 aromatic rings. The number of aromatic amines is 1. The Balaban J connectivity index is 2.80. The topological polar surface area (TPSA) is 36.0 Å². The van der Waals surface area contributed by atoms with Gasteiger partial charge in [-0.1, -0.05) is 12.1 Å². The summed E-state index contributed by atoms with van der Waals surface area (Å²) in [4.78, 5) is 3.17. The SMILES string of the molecule is Cc1c[nH]c2cccc(C(C)O)c12. The molecule has 0 aliphatic rings. The molecule has 0 aliphatic heterocycles. The average Bonchev–Trinajstić information content (AvgIpc) is 2.48. The van der Waals surface area contributed by atoms with Gasteiger partial charge < -0.3 is 10.1 Å². The quantitative estimate of drug-likeness (QED) is 0.686. The number of benzene rings is 1. The van der Waals surface area contributed by atoms with Crippen LogP contribution in [0.5, 0.6) is 0 Å². The highest BCUT2D eigenvalue weighted by Gasteiger charge is 2.08. The van der Waals surface area contributed by atoms with E-state index in [1.54, 1.807) is 6.92 Å². The molecule has 13 heavy (non-hydrogen) atoms. The number of aliphatic hydroxyl groups is 1. The number of hydrogen-bond donors (Lipinski definition) is 2. The molecule has 0 fully saturated rings. The third kappa shape index (κ3) is 1.23. The summed E-state index contributed by atoms with van der Waals surface area (Å²) in [6, 6.07) is 5.95. The number of aryl methyl sites for hydroxylation is 1. The van der Waals surface area contributed by atoms with Gasteiger partial charge in [0.2, 0.25) is 0 Å². The lowest BCUT2D eigenvalue weighted by molar-refractivity contribution is 0.201. The Kier molecular flexibility index (Phi) is 1.85. The van der Waals surface area contributed by atoms with Gasteiger partial charge in [-0.2, -0.15) is 0 Å². The Morgan fingerprint density at radius 1 is 1.38 bits per heavy atom. The van der Waals surface area contributed by atoms with E-state index in [-0.39, 0.29) is 0 Å². The van der Waals surface area contributed by atoms with Crippen LogP contribution in [0.25, 0.3) is 10.9 Å². The van der Waals surface area contributed by atoms with Gasteiger partial charge in [0.1, 0.15) is 0 Å². The van der Waals surface area contributed by atoms with Gasteiger partial charge in [0.25, 0.3) is 0 Å². The predicted molar refractivity (Wildman–Crippen MR) is 53.7 cm³/mol. The van der Waals surface area contributed by atoms with Gasteiger partial charge in [0.15, 0.2) is 0 Å². The van der Waals surface area contributed by atoms with E-state index in [0.29, 0.717) is 0 Å². The number of nitrogens with one attached hydrogen (secondary N) is 1. The van der Waals surface area contributed by atoms with Crippen LogP contribution in [0.2, 0.25) is 0 Å². The fraction of sp³-hybridized carbons (Fsp3) is 0.273. The zero-order valence-electron chi connectivity index (χ0n) is 7.83. The lowest BCUT2D eigenvalue weighted by Gasteiger charge is -2.06. The third-order valence-electron chi connectivity index (χ3n) is 2.39. The summed E-state index contributed by atoms with van der Waals surface area (Å²) in [5, 5.41) is 10.7. The summed E-state index contributed by atoms with van der Waals surface area (Å²) >= 11 is 0. The minimum absolute atomic E-state index is 0.404. The molecule has 0 saturated heterocycles. The first-order chi connectivity index (χ1) is 6.20. The van der Waals surface area contributed by atoms with Crippen LogP contribution >= 0.6 is 0 Å². The summed E-state index contributed by atoms with van der Waals surface area (Å²) in [5.74, 6) is 0. The molecule has 0 spiro atoms. The number of aromatic nitrogens is 1. The summed E-state index contributed by atoms with van der Waals surface area (Å²) in [7, 11) is 0. The van der Waals surface area contributed by atoms with Crippen molar-refractivity contribution in [1.82, 2.24) is 4.98 Å². The number of fused-ring (bicyclic) bond motifs is 1. The Morgan fingerprint density at radius 3 is 2.85 bits per heavy atom. The van der Waals surface area contributed by atoms with Gasteiger partial charge in [0, 0.05) is 17.1 Å². The highest BCUT2D eigenvalue weighted by molar-refractivity contribution is 5.86. The summed E-state index contributed by atoms with van der Waals surface area (Å²) in [5.41, 5.74) is 3.28. The molecule has 2 nitrogen and oxygen atoms in total. The molecule has 0 radical (unpaired) electrons. The van der Waals surface area contributed by atoms with Crippen molar-refractivity contribution in [2.45, 2.75) is 20.0 Å². The van der Waals surface area contributed by atoms with Gasteiger partial charge in [0.05, 0.1) is 6.10 Å². The fourth-order valence-electron chi connectivity index (χ4n) is 1.74. The normalized spacial score (nSPS) is 13.5. The maximum Gasteiger partial charge on any atom is 0.0768 e. The maximum atomic E-state index is 9.55. The minimum Gasteiger partial charge on any atom is -0.389 e. The van der Waals surface area contributed by atoms with Crippen LogP contribution < -0.4 is 0 Å². The zero-order chi connectivity index (χ0) is 9.42. The molecule has 0 saturated carbocycles. The second kappa shape index (κ2) is 2.89. The molecule has 1 atom stereocenters. The Hall–Kier alpha value is -1.28. The Morgan fingerprint density at radius 2 is 2.15 bits per heavy atom. The van der Waals surface area contributed by atoms with Crippen LogP contribution in [-0.2, 0) is 0 Å². The molecule has 2 rings (SSSR count). The molecular formula is C11H13NO. The van der Waals surface area contributed by atoms with Gasteiger partial charge in [-0.05, 0) is 31.0 Å². The van der Waals surface area contributed by atoms with Crippen LogP contribution in [0, 0.1) is 6.92 Å². The van der Waals surface area contributed by atoms with E-state index in [9.17, 15) is 5.11 Å². The van der Waals surface area contributed by atoms with E-state index in [2.05, 4.69) is 4.98 Å². The van der Waals surface area contributed by atoms with Crippen molar-refractivity contribution in [3.05, 3.63) is 35.5 Å². The Labute approximate surface area is 77.2 Å². The van der Waals surface area contributed by atoms with E-state index in [4.69, 9.17) is 0 Å². The average molecular weight is 175 g/mol. The largest absolute Gasteiger partial charge is 0.389 e. The van der Waals surface area contributed by atoms with E-state index < -0.39 is 6.10 Å². The van der Waals surface area contributed by atoms with Gasteiger partial charge in [-0.25, -0.2) is 0 Å². The molecule has 0 aliphatic carbocycles. The third-order valence-corrected chi connectivity index (χ3v) is 2.39. The molecule has 0 bridgehead atoms. The predicted octanol–water partition coefficient (Wildman–Crippen LogP) is 2.53. The monoisotopic (exact) mass is 175 g/mol. The van der Waals surface area contributed by atoms with Gasteiger partial charge in [-0.15, -0.1) is 0 Å². The van der Waals surface area contributed by atoms with Gasteiger partial charge >= 0.3 is 0 Å². The molecule has 2 heteroatoms. The number of rotatable bonds is 1. The fourth-order valence-corrected chi connectivity index (χ4v) is 1.74. The minimum atomic E-state index is -0.404. The van der Waals surface area contributed by atoms with Gasteiger partial charge in [-0.3, -0.25) is 0 Å². The molecule has 0 amide bonds. The molecule has 2 N–H and O–H groups in total. The second-order valence-corrected chi connectivity index (χ2v) is 3.42. The van der Waals surface area contributed by atoms with Crippen molar-refractivity contribution in [1.29, 1.82) is 0 Å². The highest BCUT2D eigenvalue weighted by atomic mass is 16.3. The molecule has 1 aromatic heterocycles. The van der Waals surface area contributed by atoms with Crippen LogP contribution in [0.15, 0.2) is 24.4 Å². The molecule has 1 aromatic carbocycles. The number of hydrogen-bond acceptors (Lipinski definition) is 1. The number of aliphatic hydroxyl groups excluding tert-OH is 1.